The third-order valence-corrected chi connectivity index (χ3v) is 6.66. The lowest BCUT2D eigenvalue weighted by atomic mass is 10.2. The van der Waals surface area contributed by atoms with Crippen molar-refractivity contribution in [1.82, 2.24) is 4.57 Å². The van der Waals surface area contributed by atoms with E-state index in [1.165, 1.54) is 25.3 Å². The number of carbonyl (C=O) groups excluding carboxylic acids is 2. The predicted octanol–water partition coefficient (Wildman–Crippen LogP) is 3.76. The number of anilines is 1. The van der Waals surface area contributed by atoms with Gasteiger partial charge in [0.15, 0.2) is 9.84 Å². The van der Waals surface area contributed by atoms with Crippen molar-refractivity contribution in [3.8, 4) is 0 Å². The quantitative estimate of drug-likeness (QED) is 0.538. The zero-order valence-corrected chi connectivity index (χ0v) is 18.2. The Morgan fingerprint density at radius 3 is 2.39 bits per heavy atom. The molecule has 2 aromatic carbocycles. The second-order valence-electron chi connectivity index (χ2n) is 6.99. The van der Waals surface area contributed by atoms with Crippen LogP contribution in [0.5, 0.6) is 0 Å². The second-order valence-corrected chi connectivity index (χ2v) is 9.07. The Morgan fingerprint density at radius 2 is 1.71 bits per heavy atom. The van der Waals surface area contributed by atoms with Crippen LogP contribution in [-0.4, -0.2) is 37.7 Å². The number of rotatable bonds is 8. The van der Waals surface area contributed by atoms with Crippen LogP contribution < -0.4 is 5.32 Å². The molecule has 3 rings (SSSR count). The molecule has 7 nitrogen and oxygen atoms in total. The summed E-state index contributed by atoms with van der Waals surface area (Å²) in [5.74, 6) is -1.15. The van der Waals surface area contributed by atoms with E-state index in [1.54, 1.807) is 29.8 Å². The number of ether oxygens (including phenoxy) is 1. The molecule has 0 saturated carbocycles. The smallest absolute Gasteiger partial charge is 0.354 e. The molecule has 0 radical (unpaired) electrons. The van der Waals surface area contributed by atoms with Gasteiger partial charge in [0.05, 0.1) is 29.0 Å². The number of hydrogen-bond acceptors (Lipinski definition) is 5. The summed E-state index contributed by atoms with van der Waals surface area (Å²) in [6.45, 7) is 2.17. The third kappa shape index (κ3) is 5.21. The Balaban J connectivity index is 1.91. The molecule has 0 aliphatic rings. The van der Waals surface area contributed by atoms with Crippen LogP contribution in [0.3, 0.4) is 0 Å². The molecule has 1 amide bonds. The number of nitrogens with one attached hydrogen (secondary N) is 1. The maximum atomic E-state index is 12.9. The largest absolute Gasteiger partial charge is 0.464 e. The Hall–Kier alpha value is -3.39. The molecule has 0 atom stereocenters. The van der Waals surface area contributed by atoms with Gasteiger partial charge in [0.2, 0.25) is 0 Å². The van der Waals surface area contributed by atoms with E-state index in [4.69, 9.17) is 4.74 Å². The summed E-state index contributed by atoms with van der Waals surface area (Å²) < 4.78 is 31.6. The molecule has 1 aromatic heterocycles. The minimum absolute atomic E-state index is 0.00809. The van der Waals surface area contributed by atoms with E-state index in [-0.39, 0.29) is 21.9 Å². The van der Waals surface area contributed by atoms with Gasteiger partial charge in [-0.3, -0.25) is 4.79 Å². The standard InChI is InChI=1S/C23H24N2O5S/c1-3-13-31(28,29)21-12-8-7-11-19(21)22(26)24-18-14-20(23(27)30-2)25(16-18)15-17-9-5-4-6-10-17/h4-12,14,16H,3,13,15H2,1-2H3,(H,24,26). The molecular formula is C23H24N2O5S. The van der Waals surface area contributed by atoms with E-state index >= 15 is 0 Å². The number of carbonyl (C=O) groups is 2. The van der Waals surface area contributed by atoms with E-state index in [9.17, 15) is 18.0 Å². The monoisotopic (exact) mass is 440 g/mol. The van der Waals surface area contributed by atoms with Crippen LogP contribution in [0, 0.1) is 0 Å². The van der Waals surface area contributed by atoms with Crippen LogP contribution >= 0.6 is 0 Å². The van der Waals surface area contributed by atoms with Crippen molar-refractivity contribution in [2.75, 3.05) is 18.2 Å². The molecule has 0 aliphatic heterocycles. The van der Waals surface area contributed by atoms with E-state index in [2.05, 4.69) is 5.32 Å². The summed E-state index contributed by atoms with van der Waals surface area (Å²) in [4.78, 5) is 25.1. The number of hydrogen-bond donors (Lipinski definition) is 1. The Bertz CT molecular complexity index is 1180. The first kappa shape index (κ1) is 22.3. The fourth-order valence-corrected chi connectivity index (χ4v) is 4.81. The Labute approximate surface area is 181 Å². The van der Waals surface area contributed by atoms with Gasteiger partial charge in [-0.05, 0) is 30.2 Å². The van der Waals surface area contributed by atoms with Gasteiger partial charge in [-0.1, -0.05) is 49.4 Å². The molecule has 0 aliphatic carbocycles. The van der Waals surface area contributed by atoms with Crippen molar-refractivity contribution >= 4 is 27.4 Å². The summed E-state index contributed by atoms with van der Waals surface area (Å²) in [6, 6.07) is 17.2. The van der Waals surface area contributed by atoms with E-state index < -0.39 is 21.7 Å². The molecule has 3 aromatic rings. The summed E-state index contributed by atoms with van der Waals surface area (Å²) >= 11 is 0. The lowest BCUT2D eigenvalue weighted by Crippen LogP contribution is -2.17. The molecule has 0 bridgehead atoms. The summed E-state index contributed by atoms with van der Waals surface area (Å²) in [7, 11) is -2.29. The highest BCUT2D eigenvalue weighted by Gasteiger charge is 2.22. The number of benzene rings is 2. The Kier molecular flexibility index (Phi) is 6.91. The van der Waals surface area contributed by atoms with Gasteiger partial charge in [0.1, 0.15) is 5.69 Å². The van der Waals surface area contributed by atoms with Crippen molar-refractivity contribution in [3.63, 3.8) is 0 Å². The Morgan fingerprint density at radius 1 is 1.03 bits per heavy atom. The number of aromatic nitrogens is 1. The number of nitrogens with zero attached hydrogens (tertiary/aromatic N) is 1. The number of amides is 1. The highest BCUT2D eigenvalue weighted by Crippen LogP contribution is 2.22. The zero-order valence-electron chi connectivity index (χ0n) is 17.4. The molecule has 31 heavy (non-hydrogen) atoms. The van der Waals surface area contributed by atoms with E-state index in [0.29, 0.717) is 18.7 Å². The third-order valence-electron chi connectivity index (χ3n) is 4.68. The number of esters is 1. The fourth-order valence-electron chi connectivity index (χ4n) is 3.27. The van der Waals surface area contributed by atoms with Crippen LogP contribution in [0.1, 0.15) is 39.8 Å². The van der Waals surface area contributed by atoms with E-state index in [1.807, 2.05) is 30.3 Å². The minimum Gasteiger partial charge on any atom is -0.464 e. The first-order valence-electron chi connectivity index (χ1n) is 9.81. The summed E-state index contributed by atoms with van der Waals surface area (Å²) in [5, 5.41) is 2.71. The average molecular weight is 441 g/mol. The van der Waals surface area contributed by atoms with Gasteiger partial charge in [0, 0.05) is 12.7 Å². The maximum absolute atomic E-state index is 12.9. The normalized spacial score (nSPS) is 11.2. The highest BCUT2D eigenvalue weighted by molar-refractivity contribution is 7.91. The van der Waals surface area contributed by atoms with Crippen LogP contribution in [-0.2, 0) is 21.1 Å². The SMILES string of the molecule is CCCS(=O)(=O)c1ccccc1C(=O)Nc1cc(C(=O)OC)n(Cc2ccccc2)c1. The fraction of sp³-hybridized carbons (Fsp3) is 0.217. The number of sulfone groups is 1. The molecule has 1 heterocycles. The highest BCUT2D eigenvalue weighted by atomic mass is 32.2. The lowest BCUT2D eigenvalue weighted by molar-refractivity contribution is 0.0589. The minimum atomic E-state index is -3.58. The molecule has 162 valence electrons. The molecule has 0 unspecified atom stereocenters. The van der Waals surface area contributed by atoms with Gasteiger partial charge in [0.25, 0.3) is 5.91 Å². The van der Waals surface area contributed by atoms with Crippen LogP contribution in [0.25, 0.3) is 0 Å². The predicted molar refractivity (Wildman–Crippen MR) is 118 cm³/mol. The maximum Gasteiger partial charge on any atom is 0.354 e. The van der Waals surface area contributed by atoms with Crippen LogP contribution in [0.15, 0.2) is 71.8 Å². The first-order valence-corrected chi connectivity index (χ1v) is 11.5. The van der Waals surface area contributed by atoms with E-state index in [0.717, 1.165) is 5.56 Å². The van der Waals surface area contributed by atoms with Crippen molar-refractivity contribution in [2.24, 2.45) is 0 Å². The van der Waals surface area contributed by atoms with Crippen LogP contribution in [0.4, 0.5) is 5.69 Å². The molecule has 8 heteroatoms. The van der Waals surface area contributed by atoms with Crippen molar-refractivity contribution in [1.29, 1.82) is 0 Å². The van der Waals surface area contributed by atoms with Crippen molar-refractivity contribution < 1.29 is 22.7 Å². The molecule has 1 N–H and O–H groups in total. The summed E-state index contributed by atoms with van der Waals surface area (Å²) in [6.07, 6.45) is 2.07. The van der Waals surface area contributed by atoms with Crippen molar-refractivity contribution in [2.45, 2.75) is 24.8 Å². The van der Waals surface area contributed by atoms with Gasteiger partial charge < -0.3 is 14.6 Å². The van der Waals surface area contributed by atoms with Crippen molar-refractivity contribution in [3.05, 3.63) is 83.7 Å². The van der Waals surface area contributed by atoms with Gasteiger partial charge >= 0.3 is 5.97 Å². The second kappa shape index (κ2) is 9.61. The first-order chi connectivity index (χ1) is 14.9. The van der Waals surface area contributed by atoms with Gasteiger partial charge in [-0.2, -0.15) is 0 Å². The lowest BCUT2D eigenvalue weighted by Gasteiger charge is -2.10. The molecule has 0 spiro atoms. The average Bonchev–Trinajstić information content (AvgIpc) is 3.15. The molecule has 0 saturated heterocycles. The van der Waals surface area contributed by atoms with Gasteiger partial charge in [-0.15, -0.1) is 0 Å². The topological polar surface area (TPSA) is 94.5 Å². The molecule has 0 fully saturated rings. The number of methoxy groups -OCH3 is 1. The molecular weight excluding hydrogens is 416 g/mol. The van der Waals surface area contributed by atoms with Crippen LogP contribution in [0.2, 0.25) is 0 Å². The zero-order chi connectivity index (χ0) is 22.4. The summed E-state index contributed by atoms with van der Waals surface area (Å²) in [5.41, 5.74) is 1.67. The van der Waals surface area contributed by atoms with Gasteiger partial charge in [-0.25, -0.2) is 13.2 Å².